The Kier molecular flexibility index (Phi) is 4.31. The van der Waals surface area contributed by atoms with Crippen LogP contribution in [-0.4, -0.2) is 16.6 Å². The van der Waals surface area contributed by atoms with Crippen molar-refractivity contribution in [1.82, 2.24) is 4.98 Å². The molecule has 0 saturated heterocycles. The number of aryl methyl sites for hydroxylation is 2. The first kappa shape index (κ1) is 15.9. The summed E-state index contributed by atoms with van der Waals surface area (Å²) in [6, 6.07) is 9.26. The third-order valence-corrected chi connectivity index (χ3v) is 4.70. The summed E-state index contributed by atoms with van der Waals surface area (Å²) in [5.41, 5.74) is 3.48. The molecule has 1 fully saturated rings. The average Bonchev–Trinajstić information content (AvgIpc) is 2.75. The molecular formula is C19H18ClNO2. The summed E-state index contributed by atoms with van der Waals surface area (Å²) >= 11 is 6.06. The second-order valence-corrected chi connectivity index (χ2v) is 6.62. The summed E-state index contributed by atoms with van der Waals surface area (Å²) in [5, 5.41) is 0.631. The van der Waals surface area contributed by atoms with E-state index in [0.717, 1.165) is 22.4 Å². The Morgan fingerprint density at radius 2 is 1.87 bits per heavy atom. The highest BCUT2D eigenvalue weighted by atomic mass is 35.5. The van der Waals surface area contributed by atoms with Crippen LogP contribution in [0, 0.1) is 19.8 Å². The lowest BCUT2D eigenvalue weighted by atomic mass is 9.87. The monoisotopic (exact) mass is 327 g/mol. The largest absolute Gasteiger partial charge is 0.298 e. The number of Topliss-reactive ketones (excluding diaryl/α,β-unsaturated/α-hetero) is 2. The highest BCUT2D eigenvalue weighted by Crippen LogP contribution is 2.37. The smallest absolute Gasteiger partial charge is 0.151 e. The van der Waals surface area contributed by atoms with E-state index >= 15 is 0 Å². The lowest BCUT2D eigenvalue weighted by Gasteiger charge is -2.16. The number of carbonyl (C=O) groups is 2. The van der Waals surface area contributed by atoms with Crippen molar-refractivity contribution in [3.8, 4) is 0 Å². The maximum Gasteiger partial charge on any atom is 0.151 e. The minimum Gasteiger partial charge on any atom is -0.298 e. The molecule has 3 nitrogen and oxygen atoms in total. The number of benzene rings is 1. The van der Waals surface area contributed by atoms with Crippen LogP contribution in [0.3, 0.4) is 0 Å². The van der Waals surface area contributed by atoms with Crippen LogP contribution >= 0.6 is 11.6 Å². The van der Waals surface area contributed by atoms with E-state index in [1.165, 1.54) is 0 Å². The molecule has 118 valence electrons. The first-order valence-corrected chi connectivity index (χ1v) is 8.08. The Bertz CT molecular complexity index is 747. The van der Waals surface area contributed by atoms with E-state index in [9.17, 15) is 9.59 Å². The molecule has 1 aromatic carbocycles. The number of ketones is 2. The van der Waals surface area contributed by atoms with Gasteiger partial charge in [-0.3, -0.25) is 14.6 Å². The molecule has 1 aliphatic carbocycles. The van der Waals surface area contributed by atoms with Gasteiger partial charge in [-0.05, 0) is 61.2 Å². The van der Waals surface area contributed by atoms with Gasteiger partial charge in [0.15, 0.2) is 5.78 Å². The van der Waals surface area contributed by atoms with E-state index in [4.69, 9.17) is 11.6 Å². The average molecular weight is 328 g/mol. The van der Waals surface area contributed by atoms with Gasteiger partial charge in [0.05, 0.1) is 0 Å². The maximum atomic E-state index is 12.8. The fraction of sp³-hybridized carbons (Fsp3) is 0.316. The van der Waals surface area contributed by atoms with Gasteiger partial charge in [-0.15, -0.1) is 0 Å². The minimum absolute atomic E-state index is 0.00412. The Morgan fingerprint density at radius 1 is 1.17 bits per heavy atom. The number of nitrogens with zero attached hydrogens (tertiary/aromatic N) is 1. The van der Waals surface area contributed by atoms with Crippen molar-refractivity contribution < 1.29 is 9.59 Å². The van der Waals surface area contributed by atoms with Crippen molar-refractivity contribution in [2.75, 3.05) is 0 Å². The Labute approximate surface area is 140 Å². The Balaban J connectivity index is 1.91. The lowest BCUT2D eigenvalue weighted by molar-refractivity contribution is -0.124. The number of hydrogen-bond acceptors (Lipinski definition) is 3. The van der Waals surface area contributed by atoms with E-state index in [1.807, 2.05) is 44.2 Å². The third kappa shape index (κ3) is 3.06. The summed E-state index contributed by atoms with van der Waals surface area (Å²) in [5.74, 6) is -0.920. The normalized spacial score (nSPS) is 21.0. The van der Waals surface area contributed by atoms with Gasteiger partial charge in [-0.2, -0.15) is 0 Å². The van der Waals surface area contributed by atoms with E-state index in [2.05, 4.69) is 4.98 Å². The zero-order valence-corrected chi connectivity index (χ0v) is 13.9. The van der Waals surface area contributed by atoms with Crippen LogP contribution in [0.2, 0.25) is 5.02 Å². The molecule has 4 heteroatoms. The van der Waals surface area contributed by atoms with Gasteiger partial charge >= 0.3 is 0 Å². The first-order chi connectivity index (χ1) is 11.0. The van der Waals surface area contributed by atoms with Crippen molar-refractivity contribution >= 4 is 23.2 Å². The molecule has 0 bridgehead atoms. The summed E-state index contributed by atoms with van der Waals surface area (Å²) in [6.45, 7) is 3.81. The molecular weight excluding hydrogens is 310 g/mol. The second kappa shape index (κ2) is 6.25. The number of hydrogen-bond donors (Lipinski definition) is 0. The van der Waals surface area contributed by atoms with Crippen molar-refractivity contribution in [2.24, 2.45) is 5.92 Å². The van der Waals surface area contributed by atoms with Crippen LogP contribution in [0.5, 0.6) is 0 Å². The van der Waals surface area contributed by atoms with Gasteiger partial charge in [0.2, 0.25) is 0 Å². The predicted molar refractivity (Wildman–Crippen MR) is 89.7 cm³/mol. The summed E-state index contributed by atoms with van der Waals surface area (Å²) in [6.07, 6.45) is 2.52. The van der Waals surface area contributed by atoms with Crippen LogP contribution < -0.4 is 0 Å². The Hall–Kier alpha value is -2.00. The molecule has 0 aliphatic heterocycles. The molecule has 0 amide bonds. The second-order valence-electron chi connectivity index (χ2n) is 6.18. The van der Waals surface area contributed by atoms with Gasteiger partial charge < -0.3 is 0 Å². The molecule has 3 rings (SSSR count). The van der Waals surface area contributed by atoms with Crippen LogP contribution in [0.4, 0.5) is 0 Å². The molecule has 2 aromatic rings. The summed E-state index contributed by atoms with van der Waals surface area (Å²) in [4.78, 5) is 29.6. The van der Waals surface area contributed by atoms with Crippen molar-refractivity contribution in [1.29, 1.82) is 0 Å². The number of carbonyl (C=O) groups excluding carboxylic acids is 2. The van der Waals surface area contributed by atoms with Gasteiger partial charge in [-0.25, -0.2) is 0 Å². The number of aromatic nitrogens is 1. The molecule has 1 aliphatic rings. The molecule has 0 radical (unpaired) electrons. The number of pyridine rings is 1. The first-order valence-electron chi connectivity index (χ1n) is 7.70. The molecule has 0 N–H and O–H groups in total. The molecule has 2 unspecified atom stereocenters. The highest BCUT2D eigenvalue weighted by molar-refractivity contribution is 6.30. The SMILES string of the molecule is Cc1cc(Cl)cc(C)c1C1C(=O)CC(Cc2ccccn2)C1=O. The van der Waals surface area contributed by atoms with Crippen LogP contribution in [0.25, 0.3) is 0 Å². The van der Waals surface area contributed by atoms with E-state index < -0.39 is 5.92 Å². The van der Waals surface area contributed by atoms with E-state index in [-0.39, 0.29) is 17.5 Å². The molecule has 1 saturated carbocycles. The quantitative estimate of drug-likeness (QED) is 0.805. The summed E-state index contributed by atoms with van der Waals surface area (Å²) < 4.78 is 0. The molecule has 23 heavy (non-hydrogen) atoms. The third-order valence-electron chi connectivity index (χ3n) is 4.49. The predicted octanol–water partition coefficient (Wildman–Crippen LogP) is 3.84. The Morgan fingerprint density at radius 3 is 2.48 bits per heavy atom. The minimum atomic E-state index is -0.652. The number of halogens is 1. The topological polar surface area (TPSA) is 47.0 Å². The van der Waals surface area contributed by atoms with Crippen LogP contribution in [-0.2, 0) is 16.0 Å². The highest BCUT2D eigenvalue weighted by Gasteiger charge is 2.43. The van der Waals surface area contributed by atoms with E-state index in [1.54, 1.807) is 6.20 Å². The zero-order chi connectivity index (χ0) is 16.6. The van der Waals surface area contributed by atoms with Crippen molar-refractivity contribution in [2.45, 2.75) is 32.6 Å². The maximum absolute atomic E-state index is 12.8. The molecule has 1 heterocycles. The van der Waals surface area contributed by atoms with Crippen LogP contribution in [0.15, 0.2) is 36.5 Å². The number of rotatable bonds is 3. The van der Waals surface area contributed by atoms with E-state index in [0.29, 0.717) is 17.9 Å². The van der Waals surface area contributed by atoms with Gasteiger partial charge in [0, 0.05) is 29.3 Å². The molecule has 2 atom stereocenters. The fourth-order valence-electron chi connectivity index (χ4n) is 3.48. The van der Waals surface area contributed by atoms with Crippen molar-refractivity contribution in [3.63, 3.8) is 0 Å². The van der Waals surface area contributed by atoms with Gasteiger partial charge in [0.1, 0.15) is 11.7 Å². The summed E-state index contributed by atoms with van der Waals surface area (Å²) in [7, 11) is 0. The molecule has 1 aromatic heterocycles. The zero-order valence-electron chi connectivity index (χ0n) is 13.2. The van der Waals surface area contributed by atoms with Crippen LogP contribution in [0.1, 0.15) is 34.7 Å². The van der Waals surface area contributed by atoms with Gasteiger partial charge in [-0.1, -0.05) is 17.7 Å². The fourth-order valence-corrected chi connectivity index (χ4v) is 3.81. The standard InChI is InChI=1S/C19H18ClNO2/c1-11-7-14(20)8-12(2)17(11)18-16(22)10-13(19(18)23)9-15-5-3-4-6-21-15/h3-8,13,18H,9-10H2,1-2H3. The van der Waals surface area contributed by atoms with Gasteiger partial charge in [0.25, 0.3) is 0 Å². The molecule has 0 spiro atoms. The lowest BCUT2D eigenvalue weighted by Crippen LogP contribution is -2.19. The van der Waals surface area contributed by atoms with Crippen molar-refractivity contribution in [3.05, 3.63) is 63.9 Å².